The van der Waals surface area contributed by atoms with Crippen LogP contribution in [-0.4, -0.2) is 17.1 Å². The van der Waals surface area contributed by atoms with Gasteiger partial charge in [0.2, 0.25) is 0 Å². The largest absolute Gasteiger partial charge is 0.370 e. The van der Waals surface area contributed by atoms with E-state index in [9.17, 15) is 4.79 Å². The molecule has 0 amide bonds. The molecule has 3 N–H and O–H groups in total. The molecule has 0 aliphatic heterocycles. The number of aromatic nitrogens is 2. The number of ether oxygens (including phenoxy) is 1. The van der Waals surface area contributed by atoms with E-state index in [1.165, 1.54) is 6.42 Å². The minimum absolute atomic E-state index is 0.153. The second-order valence-electron chi connectivity index (χ2n) is 4.55. The van der Waals surface area contributed by atoms with Crippen molar-refractivity contribution in [1.29, 1.82) is 0 Å². The first kappa shape index (κ1) is 12.3. The average molecular weight is 237 g/mol. The summed E-state index contributed by atoms with van der Waals surface area (Å²) in [4.78, 5) is 18.9. The molecular weight excluding hydrogens is 218 g/mol. The van der Waals surface area contributed by atoms with Gasteiger partial charge in [-0.3, -0.25) is 4.79 Å². The molecule has 17 heavy (non-hydrogen) atoms. The Morgan fingerprint density at radius 2 is 2.18 bits per heavy atom. The molecule has 2 rings (SSSR count). The third-order valence-corrected chi connectivity index (χ3v) is 3.58. The SMILES string of the molecule is COC1(c2ncc(CN)c(=O)[nH]2)CCCCC1. The van der Waals surface area contributed by atoms with Crippen LogP contribution in [0.3, 0.4) is 0 Å². The third-order valence-electron chi connectivity index (χ3n) is 3.58. The molecule has 0 saturated heterocycles. The number of nitrogens with two attached hydrogens (primary N) is 1. The number of nitrogens with zero attached hydrogens (tertiary/aromatic N) is 1. The molecule has 1 aliphatic carbocycles. The molecule has 0 bridgehead atoms. The highest BCUT2D eigenvalue weighted by atomic mass is 16.5. The summed E-state index contributed by atoms with van der Waals surface area (Å²) >= 11 is 0. The van der Waals surface area contributed by atoms with Crippen molar-refractivity contribution in [3.05, 3.63) is 27.9 Å². The van der Waals surface area contributed by atoms with E-state index in [0.29, 0.717) is 11.4 Å². The lowest BCUT2D eigenvalue weighted by molar-refractivity contribution is -0.0517. The summed E-state index contributed by atoms with van der Waals surface area (Å²) in [6.07, 6.45) is 6.81. The van der Waals surface area contributed by atoms with Gasteiger partial charge in [0, 0.05) is 25.4 Å². The van der Waals surface area contributed by atoms with Crippen LogP contribution in [0.5, 0.6) is 0 Å². The van der Waals surface area contributed by atoms with E-state index in [0.717, 1.165) is 25.7 Å². The molecule has 1 aromatic heterocycles. The van der Waals surface area contributed by atoms with Crippen molar-refractivity contribution < 1.29 is 4.74 Å². The maximum absolute atomic E-state index is 11.7. The molecule has 94 valence electrons. The molecule has 0 aromatic carbocycles. The first-order chi connectivity index (χ1) is 8.22. The predicted molar refractivity (Wildman–Crippen MR) is 64.5 cm³/mol. The van der Waals surface area contributed by atoms with Gasteiger partial charge in [-0.05, 0) is 12.8 Å². The molecule has 1 heterocycles. The Bertz CT molecular complexity index is 436. The van der Waals surface area contributed by atoms with E-state index in [4.69, 9.17) is 10.5 Å². The molecule has 1 aromatic rings. The summed E-state index contributed by atoms with van der Waals surface area (Å²) in [5, 5.41) is 0. The second kappa shape index (κ2) is 4.98. The Morgan fingerprint density at radius 3 is 2.71 bits per heavy atom. The van der Waals surface area contributed by atoms with Crippen LogP contribution < -0.4 is 11.3 Å². The van der Waals surface area contributed by atoms with Crippen LogP contribution in [0, 0.1) is 0 Å². The van der Waals surface area contributed by atoms with Gasteiger partial charge in [0.15, 0.2) is 0 Å². The van der Waals surface area contributed by atoms with Crippen molar-refractivity contribution in [3.8, 4) is 0 Å². The van der Waals surface area contributed by atoms with Crippen LogP contribution in [0.2, 0.25) is 0 Å². The van der Waals surface area contributed by atoms with E-state index in [1.54, 1.807) is 13.3 Å². The van der Waals surface area contributed by atoms with Gasteiger partial charge in [0.1, 0.15) is 11.4 Å². The first-order valence-corrected chi connectivity index (χ1v) is 6.06. The molecule has 5 heteroatoms. The Balaban J connectivity index is 2.37. The number of H-pyrrole nitrogens is 1. The monoisotopic (exact) mass is 237 g/mol. The lowest BCUT2D eigenvalue weighted by Crippen LogP contribution is -2.35. The maximum atomic E-state index is 11.7. The van der Waals surface area contributed by atoms with Gasteiger partial charge in [-0.1, -0.05) is 19.3 Å². The summed E-state index contributed by atoms with van der Waals surface area (Å²) in [7, 11) is 1.68. The van der Waals surface area contributed by atoms with E-state index in [1.807, 2.05) is 0 Å². The minimum atomic E-state index is -0.412. The summed E-state index contributed by atoms with van der Waals surface area (Å²) in [6, 6.07) is 0. The molecule has 0 spiro atoms. The van der Waals surface area contributed by atoms with Crippen LogP contribution in [0.4, 0.5) is 0 Å². The lowest BCUT2D eigenvalue weighted by atomic mass is 9.84. The zero-order valence-electron chi connectivity index (χ0n) is 10.2. The molecule has 1 aliphatic rings. The van der Waals surface area contributed by atoms with E-state index >= 15 is 0 Å². The van der Waals surface area contributed by atoms with Gasteiger partial charge < -0.3 is 15.5 Å². The molecule has 0 unspecified atom stereocenters. The highest BCUT2D eigenvalue weighted by molar-refractivity contribution is 5.10. The maximum Gasteiger partial charge on any atom is 0.255 e. The lowest BCUT2D eigenvalue weighted by Gasteiger charge is -2.34. The summed E-state index contributed by atoms with van der Waals surface area (Å²) in [5.74, 6) is 0.641. The van der Waals surface area contributed by atoms with Crippen molar-refractivity contribution in [2.75, 3.05) is 7.11 Å². The Kier molecular flexibility index (Phi) is 3.59. The smallest absolute Gasteiger partial charge is 0.255 e. The average Bonchev–Trinajstić information content (AvgIpc) is 2.39. The van der Waals surface area contributed by atoms with Crippen LogP contribution in [-0.2, 0) is 16.9 Å². The fourth-order valence-electron chi connectivity index (χ4n) is 2.46. The second-order valence-corrected chi connectivity index (χ2v) is 4.55. The van der Waals surface area contributed by atoms with Crippen LogP contribution >= 0.6 is 0 Å². The van der Waals surface area contributed by atoms with E-state index in [2.05, 4.69) is 9.97 Å². The van der Waals surface area contributed by atoms with Gasteiger partial charge in [-0.15, -0.1) is 0 Å². The molecule has 1 saturated carbocycles. The van der Waals surface area contributed by atoms with Crippen molar-refractivity contribution in [2.45, 2.75) is 44.2 Å². The number of hydrogen-bond acceptors (Lipinski definition) is 4. The van der Waals surface area contributed by atoms with Crippen LogP contribution in [0.1, 0.15) is 43.5 Å². The first-order valence-electron chi connectivity index (χ1n) is 6.06. The van der Waals surface area contributed by atoms with Crippen LogP contribution in [0.15, 0.2) is 11.0 Å². The summed E-state index contributed by atoms with van der Waals surface area (Å²) in [5.41, 5.74) is 5.40. The topological polar surface area (TPSA) is 81.0 Å². The number of aromatic amines is 1. The number of rotatable bonds is 3. The van der Waals surface area contributed by atoms with Crippen molar-refractivity contribution in [2.24, 2.45) is 5.73 Å². The van der Waals surface area contributed by atoms with Gasteiger partial charge in [0.05, 0.1) is 0 Å². The van der Waals surface area contributed by atoms with Crippen molar-refractivity contribution in [3.63, 3.8) is 0 Å². The van der Waals surface area contributed by atoms with Gasteiger partial charge >= 0.3 is 0 Å². The number of methoxy groups -OCH3 is 1. The van der Waals surface area contributed by atoms with Crippen molar-refractivity contribution in [1.82, 2.24) is 9.97 Å². The zero-order valence-corrected chi connectivity index (χ0v) is 10.2. The van der Waals surface area contributed by atoms with Crippen molar-refractivity contribution >= 4 is 0 Å². The summed E-state index contributed by atoms with van der Waals surface area (Å²) < 4.78 is 5.63. The molecule has 5 nitrogen and oxygen atoms in total. The zero-order chi connectivity index (χ0) is 12.3. The highest BCUT2D eigenvalue weighted by Crippen LogP contribution is 2.37. The minimum Gasteiger partial charge on any atom is -0.370 e. The number of hydrogen-bond donors (Lipinski definition) is 2. The molecular formula is C12H19N3O2. The quantitative estimate of drug-likeness (QED) is 0.822. The van der Waals surface area contributed by atoms with Gasteiger partial charge in [-0.25, -0.2) is 4.98 Å². The molecule has 0 radical (unpaired) electrons. The normalized spacial score (nSPS) is 19.2. The Hall–Kier alpha value is -1.20. The van der Waals surface area contributed by atoms with Crippen LogP contribution in [0.25, 0.3) is 0 Å². The Morgan fingerprint density at radius 1 is 1.47 bits per heavy atom. The molecule has 0 atom stereocenters. The summed E-state index contributed by atoms with van der Waals surface area (Å²) in [6.45, 7) is 0.211. The van der Waals surface area contributed by atoms with Gasteiger partial charge in [0.25, 0.3) is 5.56 Å². The highest BCUT2D eigenvalue weighted by Gasteiger charge is 2.36. The predicted octanol–water partition coefficient (Wildman–Crippen LogP) is 1.03. The standard InChI is InChI=1S/C12H19N3O2/c1-17-12(5-3-2-4-6-12)11-14-8-9(7-13)10(16)15-11/h8H,2-7,13H2,1H3,(H,14,15,16). The fourth-order valence-corrected chi connectivity index (χ4v) is 2.46. The van der Waals surface area contributed by atoms with E-state index in [-0.39, 0.29) is 12.1 Å². The van der Waals surface area contributed by atoms with Gasteiger partial charge in [-0.2, -0.15) is 0 Å². The fraction of sp³-hybridized carbons (Fsp3) is 0.667. The Labute approximate surface area is 100 Å². The molecule has 1 fully saturated rings. The van der Waals surface area contributed by atoms with E-state index < -0.39 is 5.60 Å². The number of nitrogens with one attached hydrogen (secondary N) is 1. The third kappa shape index (κ3) is 2.25.